The maximum Gasteiger partial charge on any atom is 0.297 e. The van der Waals surface area contributed by atoms with Crippen LogP contribution in [0.25, 0.3) is 0 Å². The number of nitro groups is 1. The van der Waals surface area contributed by atoms with Crippen LogP contribution >= 0.6 is 0 Å². The molecule has 4 rings (SSSR count). The first-order valence-electron chi connectivity index (χ1n) is 9.42. The third-order valence-corrected chi connectivity index (χ3v) is 5.09. The third kappa shape index (κ3) is 3.99. The number of hydrogen-bond donors (Lipinski definition) is 0. The second kappa shape index (κ2) is 6.99. The zero-order chi connectivity index (χ0) is 21.0. The lowest BCUT2D eigenvalue weighted by Crippen LogP contribution is -2.40. The highest BCUT2D eigenvalue weighted by Gasteiger charge is 2.62. The van der Waals surface area contributed by atoms with E-state index < -0.39 is 47.1 Å². The summed E-state index contributed by atoms with van der Waals surface area (Å²) >= 11 is 0. The van der Waals surface area contributed by atoms with Gasteiger partial charge in [-0.25, -0.2) is 0 Å². The Hall–Kier alpha value is -2.11. The van der Waals surface area contributed by atoms with Gasteiger partial charge in [0.15, 0.2) is 23.9 Å². The van der Waals surface area contributed by atoms with E-state index in [0.29, 0.717) is 16.9 Å². The Morgan fingerprint density at radius 3 is 2.21 bits per heavy atom. The van der Waals surface area contributed by atoms with Gasteiger partial charge in [-0.15, -0.1) is 0 Å². The van der Waals surface area contributed by atoms with Crippen LogP contribution < -0.4 is 0 Å². The molecule has 3 saturated heterocycles. The fourth-order valence-corrected chi connectivity index (χ4v) is 3.89. The highest BCUT2D eigenvalue weighted by molar-refractivity contribution is 5.76. The van der Waals surface area contributed by atoms with E-state index in [1.165, 1.54) is 30.5 Å². The molecule has 3 fully saturated rings. The van der Waals surface area contributed by atoms with Crippen LogP contribution in [-0.2, 0) is 23.7 Å². The number of hydroxylamine groups is 1. The lowest BCUT2D eigenvalue weighted by Gasteiger charge is -2.26. The monoisotopic (exact) mass is 408 g/mol. The van der Waals surface area contributed by atoms with Gasteiger partial charge in [-0.05, 0) is 39.8 Å². The first kappa shape index (κ1) is 20.2. The molecule has 0 amide bonds. The second-order valence-electron chi connectivity index (χ2n) is 8.26. The molecule has 3 heterocycles. The molecule has 3 aliphatic rings. The van der Waals surface area contributed by atoms with Crippen LogP contribution in [0.2, 0.25) is 0 Å². The Labute approximate surface area is 167 Å². The molecule has 29 heavy (non-hydrogen) atoms. The van der Waals surface area contributed by atoms with Gasteiger partial charge in [-0.3, -0.25) is 10.1 Å². The van der Waals surface area contributed by atoms with Crippen LogP contribution in [0.4, 0.5) is 5.69 Å². The fourth-order valence-electron chi connectivity index (χ4n) is 3.89. The molecule has 0 bridgehead atoms. The molecule has 0 aliphatic carbocycles. The largest absolute Gasteiger partial charge is 0.622 e. The van der Waals surface area contributed by atoms with Crippen molar-refractivity contribution in [3.8, 4) is 0 Å². The number of ether oxygens (including phenoxy) is 5. The average Bonchev–Trinajstić information content (AvgIpc) is 3.24. The van der Waals surface area contributed by atoms with Crippen LogP contribution in [0.5, 0.6) is 0 Å². The summed E-state index contributed by atoms with van der Waals surface area (Å²) < 4.78 is 30.2. The Kier molecular flexibility index (Phi) is 4.87. The van der Waals surface area contributed by atoms with Crippen molar-refractivity contribution in [2.75, 3.05) is 6.61 Å². The van der Waals surface area contributed by atoms with Crippen molar-refractivity contribution in [1.29, 1.82) is 0 Å². The van der Waals surface area contributed by atoms with Crippen molar-refractivity contribution >= 4 is 11.9 Å². The maximum atomic E-state index is 12.9. The SMILES string of the molecule is CC1(C)O[C@H]2[C@@H]([C@H]3COC(C)(C)O3)O[C@H](/[N+]([O-])=C/c3ccc([N+](=O)[O-])cc3)[C@H]2O1. The third-order valence-electron chi connectivity index (χ3n) is 5.09. The lowest BCUT2D eigenvalue weighted by molar-refractivity contribution is -0.562. The van der Waals surface area contributed by atoms with Crippen molar-refractivity contribution in [2.45, 2.75) is 69.9 Å². The standard InChI is InChI=1S/C19H24N2O8/c1-18(2)25-10-13(27-18)14-15-16(29-19(3,4)28-15)17(26-14)20(22)9-11-5-7-12(8-6-11)21(23)24/h5-9,13-17H,10H2,1-4H3/b20-9-/t13-,14-,15+,16+,17+/m1/s1. The summed E-state index contributed by atoms with van der Waals surface area (Å²) in [6.45, 7) is 7.52. The zero-order valence-electron chi connectivity index (χ0n) is 16.6. The molecule has 1 aromatic rings. The van der Waals surface area contributed by atoms with E-state index in [1.807, 2.05) is 13.8 Å². The summed E-state index contributed by atoms with van der Waals surface area (Å²) in [6.07, 6.45) is -1.66. The topological polar surface area (TPSA) is 115 Å². The van der Waals surface area contributed by atoms with E-state index in [9.17, 15) is 15.3 Å². The van der Waals surface area contributed by atoms with E-state index in [2.05, 4.69) is 0 Å². The van der Waals surface area contributed by atoms with E-state index in [4.69, 9.17) is 23.7 Å². The number of non-ortho nitro benzene ring substituents is 1. The predicted molar refractivity (Wildman–Crippen MR) is 99.3 cm³/mol. The van der Waals surface area contributed by atoms with Gasteiger partial charge in [0, 0.05) is 17.7 Å². The van der Waals surface area contributed by atoms with Crippen LogP contribution in [0.15, 0.2) is 24.3 Å². The quantitative estimate of drug-likeness (QED) is 0.244. The van der Waals surface area contributed by atoms with E-state index in [-0.39, 0.29) is 5.69 Å². The number of rotatable bonds is 4. The van der Waals surface area contributed by atoms with Gasteiger partial charge in [-0.2, -0.15) is 4.74 Å². The molecule has 0 saturated carbocycles. The van der Waals surface area contributed by atoms with Crippen molar-refractivity contribution in [3.63, 3.8) is 0 Å². The highest BCUT2D eigenvalue weighted by Crippen LogP contribution is 2.42. The smallest absolute Gasteiger partial charge is 0.297 e. The van der Waals surface area contributed by atoms with Gasteiger partial charge in [0.2, 0.25) is 0 Å². The normalized spacial score (nSPS) is 35.6. The van der Waals surface area contributed by atoms with Crippen LogP contribution in [0.3, 0.4) is 0 Å². The lowest BCUT2D eigenvalue weighted by atomic mass is 10.1. The summed E-state index contributed by atoms with van der Waals surface area (Å²) in [7, 11) is 0. The van der Waals surface area contributed by atoms with Crippen molar-refractivity contribution < 1.29 is 33.3 Å². The van der Waals surface area contributed by atoms with Crippen molar-refractivity contribution in [3.05, 3.63) is 45.2 Å². The Balaban J connectivity index is 1.57. The first-order chi connectivity index (χ1) is 13.5. The number of nitrogens with zero attached hydrogens (tertiary/aromatic N) is 2. The number of hydrogen-bond acceptors (Lipinski definition) is 8. The second-order valence-corrected chi connectivity index (χ2v) is 8.26. The highest BCUT2D eigenvalue weighted by atomic mass is 16.8. The number of fused-ring (bicyclic) bond motifs is 1. The molecule has 1 aromatic carbocycles. The molecule has 10 heteroatoms. The fraction of sp³-hybridized carbons (Fsp3) is 0.632. The van der Waals surface area contributed by atoms with Crippen molar-refractivity contribution in [2.24, 2.45) is 0 Å². The zero-order valence-corrected chi connectivity index (χ0v) is 16.6. The minimum atomic E-state index is -0.950. The van der Waals surface area contributed by atoms with Gasteiger partial charge >= 0.3 is 0 Å². The Morgan fingerprint density at radius 2 is 1.62 bits per heavy atom. The summed E-state index contributed by atoms with van der Waals surface area (Å²) in [5.41, 5.74) is 0.459. The van der Waals surface area contributed by atoms with Crippen LogP contribution in [-0.4, -0.2) is 64.7 Å². The number of benzene rings is 1. The van der Waals surface area contributed by atoms with Crippen LogP contribution in [0.1, 0.15) is 33.3 Å². The molecule has 0 radical (unpaired) electrons. The molecule has 0 N–H and O–H groups in total. The molecular weight excluding hydrogens is 384 g/mol. The van der Waals surface area contributed by atoms with E-state index in [0.717, 1.165) is 0 Å². The molecule has 0 spiro atoms. The molecule has 0 unspecified atom stereocenters. The summed E-state index contributed by atoms with van der Waals surface area (Å²) in [5.74, 6) is -1.60. The summed E-state index contributed by atoms with van der Waals surface area (Å²) in [5, 5.41) is 23.7. The molecule has 10 nitrogen and oxygen atoms in total. The average molecular weight is 408 g/mol. The van der Waals surface area contributed by atoms with E-state index >= 15 is 0 Å². The predicted octanol–water partition coefficient (Wildman–Crippen LogP) is 1.92. The first-order valence-corrected chi connectivity index (χ1v) is 9.42. The maximum absolute atomic E-state index is 12.9. The van der Waals surface area contributed by atoms with Crippen molar-refractivity contribution in [1.82, 2.24) is 0 Å². The molecular formula is C19H24N2O8. The molecule has 5 atom stereocenters. The van der Waals surface area contributed by atoms with E-state index in [1.54, 1.807) is 13.8 Å². The summed E-state index contributed by atoms with van der Waals surface area (Å²) in [4.78, 5) is 10.3. The Morgan fingerprint density at radius 1 is 0.966 bits per heavy atom. The van der Waals surface area contributed by atoms with Gasteiger partial charge in [-0.1, -0.05) is 0 Å². The Bertz CT molecular complexity index is 822. The van der Waals surface area contributed by atoms with Gasteiger partial charge in [0.1, 0.15) is 18.3 Å². The number of nitro benzene ring substituents is 1. The van der Waals surface area contributed by atoms with Crippen LogP contribution in [0, 0.1) is 15.3 Å². The minimum Gasteiger partial charge on any atom is -0.622 e. The van der Waals surface area contributed by atoms with Gasteiger partial charge in [0.05, 0.1) is 11.5 Å². The molecule has 158 valence electrons. The minimum absolute atomic E-state index is 0.0490. The van der Waals surface area contributed by atoms with Gasteiger partial charge in [0.25, 0.3) is 11.9 Å². The summed E-state index contributed by atoms with van der Waals surface area (Å²) in [6, 6.07) is 5.68. The van der Waals surface area contributed by atoms with Gasteiger partial charge < -0.3 is 28.9 Å². The molecule has 3 aliphatic heterocycles. The molecule has 0 aromatic heterocycles.